The fraction of sp³-hybridized carbons (Fsp3) is 0.125. The highest BCUT2D eigenvalue weighted by atomic mass is 35.5. The molecule has 2 aromatic heterocycles. The molecule has 0 fully saturated rings. The zero-order valence-corrected chi connectivity index (χ0v) is 13.7. The first-order valence-corrected chi connectivity index (χ1v) is 7.91. The lowest BCUT2D eigenvalue weighted by molar-refractivity contribution is 0.108. The summed E-state index contributed by atoms with van der Waals surface area (Å²) >= 11 is 13.5. The van der Waals surface area contributed by atoms with E-state index >= 15 is 0 Å². The summed E-state index contributed by atoms with van der Waals surface area (Å²) in [5.41, 5.74) is 2.77. The molecule has 0 amide bonds. The zero-order valence-electron chi connectivity index (χ0n) is 11.4. The van der Waals surface area contributed by atoms with Crippen molar-refractivity contribution >= 4 is 50.7 Å². The molecule has 0 atom stereocenters. The van der Waals surface area contributed by atoms with Gasteiger partial charge in [0.1, 0.15) is 0 Å². The third kappa shape index (κ3) is 2.57. The van der Waals surface area contributed by atoms with Gasteiger partial charge in [-0.2, -0.15) is 0 Å². The topological polar surface area (TPSA) is 30.0 Å². The number of thiophene rings is 1. The average Bonchev–Trinajstić information content (AvgIpc) is 2.88. The van der Waals surface area contributed by atoms with Crippen LogP contribution in [0.1, 0.15) is 20.8 Å². The maximum atomic E-state index is 11.8. The van der Waals surface area contributed by atoms with Crippen molar-refractivity contribution in [2.45, 2.75) is 13.8 Å². The minimum atomic E-state index is -0.487. The van der Waals surface area contributed by atoms with Crippen molar-refractivity contribution in [1.82, 2.24) is 4.98 Å². The van der Waals surface area contributed by atoms with Gasteiger partial charge < -0.3 is 0 Å². The molecule has 0 N–H and O–H groups in total. The number of carbonyl (C=O) groups excluding carboxylic acids is 1. The first kappa shape index (κ1) is 14.5. The molecule has 0 saturated carbocycles. The third-order valence-electron chi connectivity index (χ3n) is 3.37. The van der Waals surface area contributed by atoms with E-state index in [0.717, 1.165) is 27.0 Å². The third-order valence-corrected chi connectivity index (χ3v) is 5.01. The van der Waals surface area contributed by atoms with Gasteiger partial charge in [-0.3, -0.25) is 4.79 Å². The van der Waals surface area contributed by atoms with Crippen LogP contribution in [0.3, 0.4) is 0 Å². The van der Waals surface area contributed by atoms with Gasteiger partial charge in [-0.1, -0.05) is 17.7 Å². The molecule has 0 aliphatic rings. The van der Waals surface area contributed by atoms with Crippen molar-refractivity contribution < 1.29 is 4.79 Å². The molecular weight excluding hydrogens is 325 g/mol. The van der Waals surface area contributed by atoms with Gasteiger partial charge in [-0.25, -0.2) is 4.98 Å². The van der Waals surface area contributed by atoms with Crippen molar-refractivity contribution in [1.29, 1.82) is 0 Å². The Balaban J connectivity index is 2.38. The lowest BCUT2D eigenvalue weighted by Gasteiger charge is -2.09. The van der Waals surface area contributed by atoms with Crippen molar-refractivity contribution in [3.63, 3.8) is 0 Å². The zero-order chi connectivity index (χ0) is 15.1. The smallest absolute Gasteiger partial charge is 0.253 e. The molecule has 21 heavy (non-hydrogen) atoms. The van der Waals surface area contributed by atoms with Crippen molar-refractivity contribution in [2.75, 3.05) is 0 Å². The van der Waals surface area contributed by atoms with E-state index in [1.54, 1.807) is 29.5 Å². The summed E-state index contributed by atoms with van der Waals surface area (Å²) < 4.78 is 0. The van der Waals surface area contributed by atoms with Crippen LogP contribution in [0, 0.1) is 13.8 Å². The number of nitrogens with zero attached hydrogens (tertiary/aromatic N) is 1. The van der Waals surface area contributed by atoms with Gasteiger partial charge in [0.25, 0.3) is 5.24 Å². The summed E-state index contributed by atoms with van der Waals surface area (Å²) in [5.74, 6) is 0. The minimum absolute atomic E-state index is 0.461. The van der Waals surface area contributed by atoms with E-state index in [-0.39, 0.29) is 0 Å². The Bertz CT molecular complexity index is 870. The predicted molar refractivity (Wildman–Crippen MR) is 89.7 cm³/mol. The number of aromatic nitrogens is 1. The fourth-order valence-corrected chi connectivity index (χ4v) is 3.40. The molecule has 106 valence electrons. The van der Waals surface area contributed by atoms with E-state index in [9.17, 15) is 4.79 Å². The molecule has 0 radical (unpaired) electrons. The number of pyridine rings is 1. The number of rotatable bonds is 2. The number of benzene rings is 1. The maximum Gasteiger partial charge on any atom is 0.253 e. The van der Waals surface area contributed by atoms with Crippen LogP contribution in [-0.2, 0) is 0 Å². The highest BCUT2D eigenvalue weighted by Crippen LogP contribution is 2.33. The van der Waals surface area contributed by atoms with Gasteiger partial charge >= 0.3 is 0 Å². The molecule has 0 aliphatic carbocycles. The first-order chi connectivity index (χ1) is 9.97. The summed E-state index contributed by atoms with van der Waals surface area (Å²) in [6.45, 7) is 3.93. The average molecular weight is 336 g/mol. The molecule has 0 unspecified atom stereocenters. The Morgan fingerprint density at radius 1 is 1.19 bits per heavy atom. The first-order valence-electron chi connectivity index (χ1n) is 6.34. The van der Waals surface area contributed by atoms with E-state index in [4.69, 9.17) is 23.2 Å². The molecular formula is C16H11Cl2NOS. The molecule has 2 nitrogen and oxygen atoms in total. The number of aryl methyl sites for hydroxylation is 2. The van der Waals surface area contributed by atoms with E-state index in [2.05, 4.69) is 4.98 Å². The number of hydrogen-bond acceptors (Lipinski definition) is 3. The van der Waals surface area contributed by atoms with Crippen LogP contribution in [-0.4, -0.2) is 10.2 Å². The van der Waals surface area contributed by atoms with Crippen LogP contribution >= 0.6 is 34.5 Å². The second-order valence-electron chi connectivity index (χ2n) is 4.81. The van der Waals surface area contributed by atoms with Crippen LogP contribution < -0.4 is 0 Å². The molecule has 0 aliphatic heterocycles. The van der Waals surface area contributed by atoms with Crippen molar-refractivity contribution in [3.8, 4) is 10.6 Å². The SMILES string of the molecule is Cc1ccc(-c2cc(C(=O)Cl)c3ccc(Cl)c(C)c3n2)s1. The number of fused-ring (bicyclic) bond motifs is 1. The van der Waals surface area contributed by atoms with Gasteiger partial charge in [0.15, 0.2) is 0 Å². The number of carbonyl (C=O) groups is 1. The Morgan fingerprint density at radius 2 is 1.95 bits per heavy atom. The highest BCUT2D eigenvalue weighted by molar-refractivity contribution is 7.15. The van der Waals surface area contributed by atoms with E-state index in [0.29, 0.717) is 10.6 Å². The summed E-state index contributed by atoms with van der Waals surface area (Å²) in [4.78, 5) is 18.6. The Morgan fingerprint density at radius 3 is 2.57 bits per heavy atom. The van der Waals surface area contributed by atoms with E-state index in [1.807, 2.05) is 26.0 Å². The molecule has 0 bridgehead atoms. The molecule has 1 aromatic carbocycles. The van der Waals surface area contributed by atoms with Crippen LogP contribution in [0.15, 0.2) is 30.3 Å². The van der Waals surface area contributed by atoms with E-state index in [1.165, 1.54) is 4.88 Å². The second kappa shape index (κ2) is 5.41. The Hall–Kier alpha value is -1.42. The van der Waals surface area contributed by atoms with Crippen molar-refractivity contribution in [3.05, 3.63) is 51.4 Å². The summed E-state index contributed by atoms with van der Waals surface area (Å²) in [5, 5.41) is 0.870. The standard InChI is InChI=1S/C16H11Cl2NOS/c1-8-3-6-14(21-8)13-7-11(16(18)20)10-4-5-12(17)9(2)15(10)19-13/h3-7H,1-2H3. The van der Waals surface area contributed by atoms with Crippen LogP contribution in [0.2, 0.25) is 5.02 Å². The quantitative estimate of drug-likeness (QED) is 0.569. The normalized spacial score (nSPS) is 11.0. The molecule has 3 aromatic rings. The largest absolute Gasteiger partial charge is 0.276 e. The van der Waals surface area contributed by atoms with Gasteiger partial charge in [0, 0.05) is 20.8 Å². The summed E-state index contributed by atoms with van der Waals surface area (Å²) in [6, 6.07) is 9.32. The van der Waals surface area contributed by atoms with Gasteiger partial charge in [-0.15, -0.1) is 11.3 Å². The Kier molecular flexibility index (Phi) is 3.74. The van der Waals surface area contributed by atoms with Crippen LogP contribution in [0.25, 0.3) is 21.5 Å². The van der Waals surface area contributed by atoms with Crippen LogP contribution in [0.5, 0.6) is 0 Å². The summed E-state index contributed by atoms with van der Waals surface area (Å²) in [6.07, 6.45) is 0. The van der Waals surface area contributed by atoms with Gasteiger partial charge in [0.2, 0.25) is 0 Å². The lowest BCUT2D eigenvalue weighted by atomic mass is 10.0. The monoisotopic (exact) mass is 335 g/mol. The second-order valence-corrected chi connectivity index (χ2v) is 6.85. The fourth-order valence-electron chi connectivity index (χ4n) is 2.27. The molecule has 3 rings (SSSR count). The van der Waals surface area contributed by atoms with E-state index < -0.39 is 5.24 Å². The lowest BCUT2D eigenvalue weighted by Crippen LogP contribution is -1.97. The number of hydrogen-bond donors (Lipinski definition) is 0. The van der Waals surface area contributed by atoms with Crippen molar-refractivity contribution in [2.24, 2.45) is 0 Å². The maximum absolute atomic E-state index is 11.8. The molecule has 5 heteroatoms. The van der Waals surface area contributed by atoms with Crippen LogP contribution in [0.4, 0.5) is 0 Å². The molecule has 2 heterocycles. The highest BCUT2D eigenvalue weighted by Gasteiger charge is 2.15. The number of halogens is 2. The molecule has 0 spiro atoms. The summed E-state index contributed by atoms with van der Waals surface area (Å²) in [7, 11) is 0. The molecule has 0 saturated heterocycles. The Labute approximate surface area is 136 Å². The predicted octanol–water partition coefficient (Wildman–Crippen LogP) is 5.61. The van der Waals surface area contributed by atoms with Gasteiger partial charge in [0.05, 0.1) is 16.1 Å². The van der Waals surface area contributed by atoms with Gasteiger partial charge in [-0.05, 0) is 55.3 Å². The minimum Gasteiger partial charge on any atom is -0.276 e.